The number of carboxylic acid groups (broad SMARTS) is 1. The third-order valence-corrected chi connectivity index (χ3v) is 1.80. The third kappa shape index (κ3) is 5.35. The first-order chi connectivity index (χ1) is 5.37. The van der Waals surface area contributed by atoms with Crippen LogP contribution >= 0.6 is 11.6 Å². The first kappa shape index (κ1) is 11.7. The van der Waals surface area contributed by atoms with Crippen molar-refractivity contribution in [3.8, 4) is 0 Å². The normalized spacial score (nSPS) is 14.3. The van der Waals surface area contributed by atoms with Crippen LogP contribution in [0.2, 0.25) is 0 Å². The fourth-order valence-electron chi connectivity index (χ4n) is 1.05. The van der Waals surface area contributed by atoms with E-state index in [1.807, 2.05) is 0 Å². The van der Waals surface area contributed by atoms with E-state index >= 15 is 0 Å². The number of aliphatic hydroxyl groups is 1. The number of halogens is 1. The van der Waals surface area contributed by atoms with Gasteiger partial charge < -0.3 is 14.7 Å². The molecule has 12 heavy (non-hydrogen) atoms. The Kier molecular flexibility index (Phi) is 4.52. The maximum Gasteiger partial charge on any atom is 0.359 e. The van der Waals surface area contributed by atoms with Crippen LogP contribution in [-0.2, 0) is 4.79 Å². The summed E-state index contributed by atoms with van der Waals surface area (Å²) in [5.74, 6) is -0.733. The summed E-state index contributed by atoms with van der Waals surface area (Å²) in [5, 5.41) is 17.7. The predicted molar refractivity (Wildman–Crippen MR) is 46.2 cm³/mol. The van der Waals surface area contributed by atoms with E-state index < -0.39 is 12.1 Å². The Balaban J connectivity index is 3.94. The summed E-state index contributed by atoms with van der Waals surface area (Å²) in [4.78, 5) is 10.4. The number of aliphatic carboxylic acids is 1. The molecule has 2 N–H and O–H groups in total. The van der Waals surface area contributed by atoms with Crippen LogP contribution in [0.1, 0.15) is 0 Å². The molecule has 0 saturated carbocycles. The van der Waals surface area contributed by atoms with Gasteiger partial charge in [0.1, 0.15) is 12.6 Å². The third-order valence-electron chi connectivity index (χ3n) is 1.45. The monoisotopic (exact) mass is 196 g/mol. The second kappa shape index (κ2) is 4.64. The lowest BCUT2D eigenvalue weighted by atomic mass is 10.3. The van der Waals surface area contributed by atoms with Crippen LogP contribution in [0, 0.1) is 0 Å². The van der Waals surface area contributed by atoms with Gasteiger partial charge in [-0.25, -0.2) is 4.79 Å². The molecule has 0 saturated heterocycles. The van der Waals surface area contributed by atoms with Crippen molar-refractivity contribution in [2.24, 2.45) is 0 Å². The Morgan fingerprint density at radius 1 is 1.58 bits per heavy atom. The van der Waals surface area contributed by atoms with Crippen molar-refractivity contribution in [2.45, 2.75) is 6.10 Å². The van der Waals surface area contributed by atoms with E-state index in [4.69, 9.17) is 21.8 Å². The first-order valence-electron chi connectivity index (χ1n) is 3.65. The van der Waals surface area contributed by atoms with Gasteiger partial charge in [0.2, 0.25) is 0 Å². The molecule has 0 rings (SSSR count). The van der Waals surface area contributed by atoms with Gasteiger partial charge in [-0.2, -0.15) is 0 Å². The number of aliphatic hydroxyl groups excluding tert-OH is 1. The van der Waals surface area contributed by atoms with Gasteiger partial charge in [-0.3, -0.25) is 0 Å². The van der Waals surface area contributed by atoms with Crippen LogP contribution in [0.4, 0.5) is 0 Å². The molecular weight excluding hydrogens is 182 g/mol. The predicted octanol–water partition coefficient (Wildman–Crippen LogP) is -0.253. The van der Waals surface area contributed by atoms with Crippen LogP contribution in [0.25, 0.3) is 0 Å². The zero-order valence-corrected chi connectivity index (χ0v) is 8.08. The molecule has 0 aliphatic heterocycles. The van der Waals surface area contributed by atoms with Crippen LogP contribution in [0.5, 0.6) is 0 Å². The smallest absolute Gasteiger partial charge is 0.359 e. The zero-order chi connectivity index (χ0) is 9.78. The zero-order valence-electron chi connectivity index (χ0n) is 7.33. The minimum absolute atomic E-state index is 0.00600. The molecule has 1 atom stereocenters. The summed E-state index contributed by atoms with van der Waals surface area (Å²) in [6.07, 6.45) is -0.638. The lowest BCUT2D eigenvalue weighted by Crippen LogP contribution is -2.48. The molecule has 1 unspecified atom stereocenters. The minimum atomic E-state index is -0.873. The number of hydrogen-bond acceptors (Lipinski definition) is 2. The Bertz CT molecular complexity index is 161. The summed E-state index contributed by atoms with van der Waals surface area (Å²) in [6, 6.07) is 0. The van der Waals surface area contributed by atoms with Crippen molar-refractivity contribution in [1.82, 2.24) is 0 Å². The van der Waals surface area contributed by atoms with Gasteiger partial charge in [-0.05, 0) is 0 Å². The quantitative estimate of drug-likeness (QED) is 0.471. The summed E-state index contributed by atoms with van der Waals surface area (Å²) in [7, 11) is 3.48. The number of carboxylic acids is 1. The topological polar surface area (TPSA) is 57.5 Å². The fraction of sp³-hybridized carbons (Fsp3) is 0.857. The number of likely N-dealkylation sites (N-methyl/N-ethyl adjacent to an activating group) is 1. The average Bonchev–Trinajstić information content (AvgIpc) is 1.83. The SMILES string of the molecule is C[N+](C)(CC(=O)O)CC(O)CCl. The summed E-state index contributed by atoms with van der Waals surface area (Å²) in [6.45, 7) is 0.351. The molecule has 4 nitrogen and oxygen atoms in total. The lowest BCUT2D eigenvalue weighted by molar-refractivity contribution is -0.885. The Morgan fingerprint density at radius 3 is 2.42 bits per heavy atom. The highest BCUT2D eigenvalue weighted by molar-refractivity contribution is 6.18. The van der Waals surface area contributed by atoms with Crippen molar-refractivity contribution in [3.63, 3.8) is 0 Å². The van der Waals surface area contributed by atoms with Crippen LogP contribution < -0.4 is 0 Å². The maximum atomic E-state index is 10.4. The first-order valence-corrected chi connectivity index (χ1v) is 4.18. The van der Waals surface area contributed by atoms with Gasteiger partial charge in [0, 0.05) is 0 Å². The molecule has 0 spiro atoms. The molecule has 0 aromatic carbocycles. The average molecular weight is 197 g/mol. The van der Waals surface area contributed by atoms with E-state index in [-0.39, 0.29) is 16.9 Å². The Hall–Kier alpha value is -0.320. The molecule has 0 fully saturated rings. The van der Waals surface area contributed by atoms with Gasteiger partial charge >= 0.3 is 5.97 Å². The Morgan fingerprint density at radius 2 is 2.08 bits per heavy atom. The molecule has 0 aliphatic rings. The van der Waals surface area contributed by atoms with E-state index in [1.165, 1.54) is 0 Å². The molecule has 0 radical (unpaired) electrons. The lowest BCUT2D eigenvalue weighted by Gasteiger charge is -2.29. The van der Waals surface area contributed by atoms with E-state index in [9.17, 15) is 4.79 Å². The highest BCUT2D eigenvalue weighted by Crippen LogP contribution is 2.00. The largest absolute Gasteiger partial charge is 0.477 e. The van der Waals surface area contributed by atoms with Crippen molar-refractivity contribution in [2.75, 3.05) is 33.1 Å². The standard InChI is InChI=1S/C7H14ClNO3/c1-9(2,5-7(11)12)4-6(10)3-8/h6,10H,3-5H2,1-2H3/p+1. The van der Waals surface area contributed by atoms with Gasteiger partial charge in [0.15, 0.2) is 6.54 Å². The van der Waals surface area contributed by atoms with Crippen molar-refractivity contribution >= 4 is 17.6 Å². The molecule has 0 heterocycles. The van der Waals surface area contributed by atoms with Crippen LogP contribution in [-0.4, -0.2) is 59.8 Å². The molecular formula is C7H15ClNO3+. The highest BCUT2D eigenvalue weighted by Gasteiger charge is 2.22. The summed E-state index contributed by atoms with van der Waals surface area (Å²) >= 11 is 5.39. The van der Waals surface area contributed by atoms with Crippen LogP contribution in [0.3, 0.4) is 0 Å². The van der Waals surface area contributed by atoms with E-state index in [1.54, 1.807) is 14.1 Å². The minimum Gasteiger partial charge on any atom is -0.477 e. The van der Waals surface area contributed by atoms with Crippen molar-refractivity contribution < 1.29 is 19.5 Å². The molecule has 0 aromatic rings. The second-order valence-corrected chi connectivity index (χ2v) is 3.79. The molecule has 0 amide bonds. The number of carbonyl (C=O) groups is 1. The number of quaternary nitrogens is 1. The Labute approximate surface area is 77.0 Å². The number of nitrogens with zero attached hydrogens (tertiary/aromatic N) is 1. The number of alkyl halides is 1. The second-order valence-electron chi connectivity index (χ2n) is 3.48. The van der Waals surface area contributed by atoms with Crippen LogP contribution in [0.15, 0.2) is 0 Å². The summed E-state index contributed by atoms with van der Waals surface area (Å²) < 4.78 is 0.239. The van der Waals surface area contributed by atoms with Crippen molar-refractivity contribution in [1.29, 1.82) is 0 Å². The molecule has 0 aromatic heterocycles. The number of rotatable bonds is 5. The number of hydrogen-bond donors (Lipinski definition) is 2. The summed E-state index contributed by atoms with van der Waals surface area (Å²) in [5.41, 5.74) is 0. The van der Waals surface area contributed by atoms with Gasteiger partial charge in [-0.1, -0.05) is 0 Å². The molecule has 5 heteroatoms. The van der Waals surface area contributed by atoms with Gasteiger partial charge in [-0.15, -0.1) is 11.6 Å². The maximum absolute atomic E-state index is 10.4. The molecule has 0 bridgehead atoms. The van der Waals surface area contributed by atoms with Gasteiger partial charge in [0.25, 0.3) is 0 Å². The van der Waals surface area contributed by atoms with Crippen molar-refractivity contribution in [3.05, 3.63) is 0 Å². The van der Waals surface area contributed by atoms with Gasteiger partial charge in [0.05, 0.1) is 20.0 Å². The van der Waals surface area contributed by atoms with E-state index in [0.717, 1.165) is 0 Å². The molecule has 72 valence electrons. The highest BCUT2D eigenvalue weighted by atomic mass is 35.5. The van der Waals surface area contributed by atoms with E-state index in [0.29, 0.717) is 6.54 Å². The fourth-order valence-corrected chi connectivity index (χ4v) is 1.15. The molecule has 0 aliphatic carbocycles. The van der Waals surface area contributed by atoms with E-state index in [2.05, 4.69) is 0 Å².